The second kappa shape index (κ2) is 7.15. The van der Waals surface area contributed by atoms with Crippen LogP contribution in [0.15, 0.2) is 29.3 Å². The van der Waals surface area contributed by atoms with E-state index in [0.717, 1.165) is 5.17 Å². The summed E-state index contributed by atoms with van der Waals surface area (Å²) >= 11 is 1.61. The van der Waals surface area contributed by atoms with Crippen molar-refractivity contribution in [2.75, 3.05) is 12.3 Å². The van der Waals surface area contributed by atoms with Crippen molar-refractivity contribution in [2.45, 2.75) is 37.8 Å². The van der Waals surface area contributed by atoms with E-state index in [1.165, 1.54) is 30.6 Å². The second-order valence-corrected chi connectivity index (χ2v) is 7.28. The Balaban J connectivity index is 0.00000169. The summed E-state index contributed by atoms with van der Waals surface area (Å²) in [7, 11) is 0. The number of hydrogen-bond donors (Lipinski definition) is 1. The van der Waals surface area contributed by atoms with E-state index in [2.05, 4.69) is 5.32 Å². The van der Waals surface area contributed by atoms with Gasteiger partial charge in [-0.25, -0.2) is 0 Å². The third-order valence-corrected chi connectivity index (χ3v) is 5.64. The van der Waals surface area contributed by atoms with Crippen LogP contribution in [-0.4, -0.2) is 46.3 Å². The van der Waals surface area contributed by atoms with Crippen molar-refractivity contribution in [3.05, 3.63) is 35.4 Å². The van der Waals surface area contributed by atoms with Crippen LogP contribution in [0.25, 0.3) is 0 Å². The van der Waals surface area contributed by atoms with E-state index in [9.17, 15) is 9.59 Å². The quantitative estimate of drug-likeness (QED) is 0.836. The first kappa shape index (κ1) is 17.3. The zero-order valence-electron chi connectivity index (χ0n) is 13.2. The lowest BCUT2D eigenvalue weighted by atomic mass is 9.92. The standard InChI is InChI=1S/C17H19N3O2S.ClH/c21-15-11-5-1-2-6-12(11)16(22)20(15)9-10-23-17-18-13-7-3-4-8-14(13)19-17;/h1-2,5-6,13-14H,3-4,7-10H2,(H,18,19);1H. The average molecular weight is 366 g/mol. The molecule has 0 aromatic heterocycles. The van der Waals surface area contributed by atoms with Crippen LogP contribution in [-0.2, 0) is 0 Å². The van der Waals surface area contributed by atoms with Gasteiger partial charge in [-0.2, -0.15) is 0 Å². The molecule has 2 unspecified atom stereocenters. The maximum atomic E-state index is 12.3. The van der Waals surface area contributed by atoms with Crippen molar-refractivity contribution < 1.29 is 9.59 Å². The Morgan fingerprint density at radius 1 is 1.12 bits per heavy atom. The molecule has 2 atom stereocenters. The van der Waals surface area contributed by atoms with Crippen molar-refractivity contribution in [1.29, 1.82) is 0 Å². The van der Waals surface area contributed by atoms with Gasteiger partial charge in [0.05, 0.1) is 23.2 Å². The predicted molar refractivity (Wildman–Crippen MR) is 98.1 cm³/mol. The summed E-state index contributed by atoms with van der Waals surface area (Å²) in [5, 5.41) is 4.45. The minimum absolute atomic E-state index is 0. The van der Waals surface area contributed by atoms with Crippen molar-refractivity contribution in [1.82, 2.24) is 10.2 Å². The number of carbonyl (C=O) groups excluding carboxylic acids is 2. The molecule has 1 aromatic carbocycles. The molecule has 1 fully saturated rings. The highest BCUT2D eigenvalue weighted by atomic mass is 35.5. The minimum atomic E-state index is -0.179. The summed E-state index contributed by atoms with van der Waals surface area (Å²) in [4.78, 5) is 30.7. The zero-order chi connectivity index (χ0) is 15.8. The largest absolute Gasteiger partial charge is 0.360 e. The fourth-order valence-electron chi connectivity index (χ4n) is 3.54. The van der Waals surface area contributed by atoms with E-state index in [-0.39, 0.29) is 24.2 Å². The summed E-state index contributed by atoms with van der Waals surface area (Å²) in [5.41, 5.74) is 1.04. The molecule has 2 heterocycles. The molecule has 2 aliphatic heterocycles. The van der Waals surface area contributed by atoms with Gasteiger partial charge in [-0.1, -0.05) is 36.7 Å². The van der Waals surface area contributed by atoms with E-state index in [1.54, 1.807) is 36.0 Å². The van der Waals surface area contributed by atoms with Crippen LogP contribution in [0.3, 0.4) is 0 Å². The molecule has 3 aliphatic rings. The molecule has 1 aromatic rings. The summed E-state index contributed by atoms with van der Waals surface area (Å²) in [6.07, 6.45) is 4.90. The molecule has 0 radical (unpaired) electrons. The molecular formula is C17H20ClN3O2S. The molecule has 7 heteroatoms. The number of fused-ring (bicyclic) bond motifs is 2. The molecule has 4 rings (SSSR count). The number of hydrogen-bond acceptors (Lipinski definition) is 5. The van der Waals surface area contributed by atoms with Crippen LogP contribution >= 0.6 is 24.2 Å². The maximum absolute atomic E-state index is 12.3. The van der Waals surface area contributed by atoms with E-state index >= 15 is 0 Å². The Labute approximate surface area is 151 Å². The van der Waals surface area contributed by atoms with Gasteiger partial charge in [-0.3, -0.25) is 19.5 Å². The van der Waals surface area contributed by atoms with Crippen LogP contribution in [0.5, 0.6) is 0 Å². The fourth-order valence-corrected chi connectivity index (χ4v) is 4.45. The highest BCUT2D eigenvalue weighted by Crippen LogP contribution is 2.27. The lowest BCUT2D eigenvalue weighted by Gasteiger charge is -2.23. The van der Waals surface area contributed by atoms with Crippen molar-refractivity contribution in [2.24, 2.45) is 4.99 Å². The van der Waals surface area contributed by atoms with Crippen molar-refractivity contribution in [3.63, 3.8) is 0 Å². The lowest BCUT2D eigenvalue weighted by molar-refractivity contribution is 0.0664. The van der Waals surface area contributed by atoms with Gasteiger partial charge in [0.2, 0.25) is 0 Å². The SMILES string of the molecule is Cl.O=C1c2ccccc2C(=O)N1CCSC1=NC2CCCCC2N1. The molecular weight excluding hydrogens is 346 g/mol. The fraction of sp³-hybridized carbons (Fsp3) is 0.471. The number of imide groups is 1. The number of carbonyl (C=O) groups is 2. The van der Waals surface area contributed by atoms with Crippen LogP contribution < -0.4 is 5.32 Å². The first-order chi connectivity index (χ1) is 11.2. The normalized spacial score (nSPS) is 24.8. The highest BCUT2D eigenvalue weighted by Gasteiger charge is 2.35. The number of thioether (sulfide) groups is 1. The van der Waals surface area contributed by atoms with Gasteiger partial charge in [0.15, 0.2) is 5.17 Å². The Morgan fingerprint density at radius 3 is 2.46 bits per heavy atom. The Bertz CT molecular complexity index is 659. The number of benzene rings is 1. The van der Waals surface area contributed by atoms with E-state index < -0.39 is 0 Å². The van der Waals surface area contributed by atoms with Crippen LogP contribution in [0.2, 0.25) is 0 Å². The van der Waals surface area contributed by atoms with Gasteiger partial charge in [0, 0.05) is 12.3 Å². The van der Waals surface area contributed by atoms with E-state index in [1.807, 2.05) is 0 Å². The molecule has 2 amide bonds. The first-order valence-electron chi connectivity index (χ1n) is 8.16. The third kappa shape index (κ3) is 3.05. The summed E-state index contributed by atoms with van der Waals surface area (Å²) in [6.45, 7) is 0.424. The summed E-state index contributed by atoms with van der Waals surface area (Å²) < 4.78 is 0. The van der Waals surface area contributed by atoms with Gasteiger partial charge in [-0.05, 0) is 25.0 Å². The van der Waals surface area contributed by atoms with Gasteiger partial charge >= 0.3 is 0 Å². The number of amides is 2. The Morgan fingerprint density at radius 2 is 1.79 bits per heavy atom. The van der Waals surface area contributed by atoms with Gasteiger partial charge in [-0.15, -0.1) is 12.4 Å². The second-order valence-electron chi connectivity index (χ2n) is 6.19. The molecule has 1 aliphatic carbocycles. The van der Waals surface area contributed by atoms with Crippen molar-refractivity contribution in [3.8, 4) is 0 Å². The molecule has 1 N–H and O–H groups in total. The van der Waals surface area contributed by atoms with Gasteiger partial charge < -0.3 is 5.32 Å². The number of nitrogens with one attached hydrogen (secondary N) is 1. The number of amidine groups is 1. The summed E-state index contributed by atoms with van der Waals surface area (Å²) in [5.74, 6) is 0.318. The molecule has 0 bridgehead atoms. The summed E-state index contributed by atoms with van der Waals surface area (Å²) in [6, 6.07) is 7.94. The van der Waals surface area contributed by atoms with E-state index in [4.69, 9.17) is 4.99 Å². The van der Waals surface area contributed by atoms with Gasteiger partial charge in [0.1, 0.15) is 0 Å². The average Bonchev–Trinajstić information content (AvgIpc) is 3.09. The predicted octanol–water partition coefficient (Wildman–Crippen LogP) is 2.71. The highest BCUT2D eigenvalue weighted by molar-refractivity contribution is 8.13. The number of nitrogens with zero attached hydrogens (tertiary/aromatic N) is 2. The molecule has 128 valence electrons. The lowest BCUT2D eigenvalue weighted by Crippen LogP contribution is -2.36. The van der Waals surface area contributed by atoms with Gasteiger partial charge in [0.25, 0.3) is 11.8 Å². The molecule has 0 saturated heterocycles. The number of rotatable bonds is 3. The molecule has 1 saturated carbocycles. The van der Waals surface area contributed by atoms with Crippen LogP contribution in [0.4, 0.5) is 0 Å². The molecule has 5 nitrogen and oxygen atoms in total. The van der Waals surface area contributed by atoms with Crippen LogP contribution in [0, 0.1) is 0 Å². The number of aliphatic imine (C=N–C) groups is 1. The Kier molecular flexibility index (Phi) is 5.15. The van der Waals surface area contributed by atoms with E-state index in [0.29, 0.717) is 35.5 Å². The minimum Gasteiger partial charge on any atom is -0.360 e. The molecule has 24 heavy (non-hydrogen) atoms. The Hall–Kier alpha value is -1.53. The third-order valence-electron chi connectivity index (χ3n) is 4.75. The number of halogens is 1. The molecule has 0 spiro atoms. The smallest absolute Gasteiger partial charge is 0.261 e. The van der Waals surface area contributed by atoms with Crippen molar-refractivity contribution >= 4 is 41.2 Å². The maximum Gasteiger partial charge on any atom is 0.261 e. The van der Waals surface area contributed by atoms with Crippen LogP contribution in [0.1, 0.15) is 46.4 Å². The zero-order valence-corrected chi connectivity index (χ0v) is 14.9. The topological polar surface area (TPSA) is 61.8 Å². The first-order valence-corrected chi connectivity index (χ1v) is 9.15. The monoisotopic (exact) mass is 365 g/mol.